The topological polar surface area (TPSA) is 45.8 Å². The molecule has 0 N–H and O–H groups in total. The first-order valence-corrected chi connectivity index (χ1v) is 11.0. The summed E-state index contributed by atoms with van der Waals surface area (Å²) in [7, 11) is 0. The Morgan fingerprint density at radius 1 is 1.16 bits per heavy atom. The van der Waals surface area contributed by atoms with Crippen molar-refractivity contribution in [1.82, 2.24) is 14.7 Å². The third-order valence-corrected chi connectivity index (χ3v) is 6.55. The first-order valence-electron chi connectivity index (χ1n) is 10.2. The number of aryl methyl sites for hydroxylation is 2. The van der Waals surface area contributed by atoms with Crippen LogP contribution in [0.2, 0.25) is 0 Å². The predicted octanol–water partition coefficient (Wildman–Crippen LogP) is 4.83. The van der Waals surface area contributed by atoms with Gasteiger partial charge in [-0.2, -0.15) is 18.3 Å². The molecule has 10 heteroatoms. The second-order valence-corrected chi connectivity index (χ2v) is 8.42. The lowest BCUT2D eigenvalue weighted by atomic mass is 10.0. The SMILES string of the molecule is CCc1cccc(CC)c1-n1nc2c(c1Br)CN(C1=NCC(F)(C(F)(F)F)C=N1)CC2. The molecule has 1 atom stereocenters. The number of rotatable bonds is 3. The van der Waals surface area contributed by atoms with E-state index in [1.54, 1.807) is 4.90 Å². The smallest absolute Gasteiger partial charge is 0.336 e. The fourth-order valence-electron chi connectivity index (χ4n) is 3.92. The number of aromatic nitrogens is 2. The Kier molecular flexibility index (Phi) is 5.70. The summed E-state index contributed by atoms with van der Waals surface area (Å²) in [6.07, 6.45) is -2.39. The molecule has 0 spiro atoms. The van der Waals surface area contributed by atoms with Gasteiger partial charge < -0.3 is 4.90 Å². The van der Waals surface area contributed by atoms with Gasteiger partial charge >= 0.3 is 6.18 Å². The van der Waals surface area contributed by atoms with E-state index < -0.39 is 18.4 Å². The van der Waals surface area contributed by atoms with Gasteiger partial charge in [0.25, 0.3) is 5.67 Å². The Labute approximate surface area is 186 Å². The maximum atomic E-state index is 14.0. The number of hydrogen-bond donors (Lipinski definition) is 0. The zero-order valence-corrected chi connectivity index (χ0v) is 18.8. The van der Waals surface area contributed by atoms with E-state index in [2.05, 4.69) is 51.9 Å². The summed E-state index contributed by atoms with van der Waals surface area (Å²) in [5.74, 6) is 0.117. The number of aliphatic imine (C=N–C) groups is 2. The molecule has 166 valence electrons. The quantitative estimate of drug-likeness (QED) is 0.567. The summed E-state index contributed by atoms with van der Waals surface area (Å²) in [5, 5.41) is 4.83. The van der Waals surface area contributed by atoms with Gasteiger partial charge in [-0.05, 0) is 39.9 Å². The average Bonchev–Trinajstić information content (AvgIpc) is 3.08. The second kappa shape index (κ2) is 8.03. The summed E-state index contributed by atoms with van der Waals surface area (Å²) in [4.78, 5) is 9.27. The molecule has 5 nitrogen and oxygen atoms in total. The molecule has 31 heavy (non-hydrogen) atoms. The first-order chi connectivity index (χ1) is 14.7. The van der Waals surface area contributed by atoms with Gasteiger partial charge in [-0.25, -0.2) is 19.1 Å². The van der Waals surface area contributed by atoms with Crippen LogP contribution in [0.15, 0.2) is 32.8 Å². The number of guanidine groups is 1. The molecule has 0 fully saturated rings. The van der Waals surface area contributed by atoms with Gasteiger partial charge in [-0.3, -0.25) is 0 Å². The largest absolute Gasteiger partial charge is 0.429 e. The number of hydrogen-bond acceptors (Lipinski definition) is 4. The van der Waals surface area contributed by atoms with E-state index in [0.29, 0.717) is 25.7 Å². The van der Waals surface area contributed by atoms with Gasteiger partial charge in [0.15, 0.2) is 0 Å². The van der Waals surface area contributed by atoms with Crippen molar-refractivity contribution in [2.75, 3.05) is 13.1 Å². The summed E-state index contributed by atoms with van der Waals surface area (Å²) >= 11 is 3.68. The minimum Gasteiger partial charge on any atom is -0.336 e. The lowest BCUT2D eigenvalue weighted by molar-refractivity contribution is -0.198. The second-order valence-electron chi connectivity index (χ2n) is 7.67. The molecule has 0 bridgehead atoms. The van der Waals surface area contributed by atoms with E-state index in [1.165, 1.54) is 11.1 Å². The van der Waals surface area contributed by atoms with E-state index in [4.69, 9.17) is 5.10 Å². The number of nitrogens with zero attached hydrogens (tertiary/aromatic N) is 5. The van der Waals surface area contributed by atoms with Crippen LogP contribution in [-0.4, -0.2) is 51.8 Å². The maximum absolute atomic E-state index is 14.0. The molecule has 2 aliphatic heterocycles. The Bertz CT molecular complexity index is 1040. The molecule has 1 aromatic heterocycles. The Morgan fingerprint density at radius 2 is 1.84 bits per heavy atom. The molecular formula is C21H22BrF4N5. The van der Waals surface area contributed by atoms with Gasteiger partial charge in [-0.1, -0.05) is 32.0 Å². The normalized spacial score (nSPS) is 21.3. The molecule has 0 radical (unpaired) electrons. The monoisotopic (exact) mass is 499 g/mol. The van der Waals surface area contributed by atoms with E-state index in [0.717, 1.165) is 34.4 Å². The number of fused-ring (bicyclic) bond motifs is 1. The van der Waals surface area contributed by atoms with Crippen LogP contribution >= 0.6 is 15.9 Å². The van der Waals surface area contributed by atoms with Gasteiger partial charge in [0.1, 0.15) is 4.60 Å². The lowest BCUT2D eigenvalue weighted by Crippen LogP contribution is -2.49. The summed E-state index contributed by atoms with van der Waals surface area (Å²) in [5.41, 5.74) is 1.77. The van der Waals surface area contributed by atoms with Crippen LogP contribution in [-0.2, 0) is 25.8 Å². The first kappa shape index (κ1) is 22.0. The van der Waals surface area contributed by atoms with E-state index in [-0.39, 0.29) is 5.96 Å². The minimum absolute atomic E-state index is 0.117. The van der Waals surface area contributed by atoms with Gasteiger partial charge in [0.05, 0.1) is 30.7 Å². The highest BCUT2D eigenvalue weighted by Gasteiger charge is 2.56. The average molecular weight is 500 g/mol. The van der Waals surface area contributed by atoms with Crippen LogP contribution in [0, 0.1) is 0 Å². The summed E-state index contributed by atoms with van der Waals surface area (Å²) in [6, 6.07) is 6.22. The molecule has 3 heterocycles. The molecular weight excluding hydrogens is 478 g/mol. The van der Waals surface area contributed by atoms with Crippen molar-refractivity contribution in [2.24, 2.45) is 9.98 Å². The molecule has 2 aromatic rings. The van der Waals surface area contributed by atoms with Crippen molar-refractivity contribution in [3.63, 3.8) is 0 Å². The third-order valence-electron chi connectivity index (χ3n) is 5.74. The van der Waals surface area contributed by atoms with Crippen LogP contribution in [0.4, 0.5) is 17.6 Å². The lowest BCUT2D eigenvalue weighted by Gasteiger charge is -2.31. The Morgan fingerprint density at radius 3 is 2.39 bits per heavy atom. The fourth-order valence-corrected chi connectivity index (χ4v) is 4.53. The van der Waals surface area contributed by atoms with E-state index >= 15 is 0 Å². The molecule has 0 saturated heterocycles. The fraction of sp³-hybridized carbons (Fsp3) is 0.476. The van der Waals surface area contributed by atoms with Crippen molar-refractivity contribution < 1.29 is 17.6 Å². The number of alkyl halides is 4. The van der Waals surface area contributed by atoms with Crippen LogP contribution < -0.4 is 0 Å². The molecule has 0 amide bonds. The van der Waals surface area contributed by atoms with Crippen molar-refractivity contribution in [3.05, 3.63) is 45.2 Å². The molecule has 4 rings (SSSR count). The number of para-hydroxylation sites is 1. The number of benzene rings is 1. The Hall–Kier alpha value is -2.23. The van der Waals surface area contributed by atoms with Gasteiger partial charge in [0.2, 0.25) is 5.96 Å². The third kappa shape index (κ3) is 3.79. The highest BCUT2D eigenvalue weighted by molar-refractivity contribution is 9.10. The maximum Gasteiger partial charge on any atom is 0.429 e. The summed E-state index contributed by atoms with van der Waals surface area (Å²) in [6.45, 7) is 4.06. The van der Waals surface area contributed by atoms with E-state index in [9.17, 15) is 17.6 Å². The standard InChI is InChI=1S/C21H22BrF4N5/c1-3-13-6-5-7-14(4-2)17(13)31-18(22)15-10-30(9-8-16(15)29-31)19-27-11-20(23,12-28-19)21(24,25)26/h5-7,11H,3-4,8-10,12H2,1-2H3. The van der Waals surface area contributed by atoms with Crippen molar-refractivity contribution in [2.45, 2.75) is 51.5 Å². The zero-order chi connectivity index (χ0) is 22.4. The predicted molar refractivity (Wildman–Crippen MR) is 115 cm³/mol. The molecule has 0 saturated carbocycles. The van der Waals surface area contributed by atoms with Crippen molar-refractivity contribution in [1.29, 1.82) is 0 Å². The minimum atomic E-state index is -5.03. The van der Waals surface area contributed by atoms with Crippen molar-refractivity contribution >= 4 is 28.1 Å². The molecule has 1 aromatic carbocycles. The Balaban J connectivity index is 1.63. The molecule has 1 unspecified atom stereocenters. The van der Waals surface area contributed by atoms with Crippen LogP contribution in [0.25, 0.3) is 5.69 Å². The summed E-state index contributed by atoms with van der Waals surface area (Å²) < 4.78 is 55.3. The van der Waals surface area contributed by atoms with Crippen LogP contribution in [0.3, 0.4) is 0 Å². The van der Waals surface area contributed by atoms with E-state index in [1.807, 2.05) is 10.7 Å². The molecule has 2 aliphatic rings. The number of halogens is 5. The van der Waals surface area contributed by atoms with Gasteiger partial charge in [-0.15, -0.1) is 0 Å². The van der Waals surface area contributed by atoms with Crippen molar-refractivity contribution in [3.8, 4) is 5.69 Å². The van der Waals surface area contributed by atoms with Crippen LogP contribution in [0.1, 0.15) is 36.2 Å². The highest BCUT2D eigenvalue weighted by atomic mass is 79.9. The van der Waals surface area contributed by atoms with Gasteiger partial charge in [0, 0.05) is 18.5 Å². The van der Waals surface area contributed by atoms with Crippen LogP contribution in [0.5, 0.6) is 0 Å². The zero-order valence-electron chi connectivity index (χ0n) is 17.2. The highest BCUT2D eigenvalue weighted by Crippen LogP contribution is 2.36. The molecule has 0 aliphatic carbocycles.